The van der Waals surface area contributed by atoms with Crippen molar-refractivity contribution < 1.29 is 14.3 Å². The van der Waals surface area contributed by atoms with Crippen LogP contribution in [0.5, 0.6) is 5.75 Å². The molecule has 0 saturated carbocycles. The fraction of sp³-hybridized carbons (Fsp3) is 0.280. The van der Waals surface area contributed by atoms with Crippen LogP contribution >= 0.6 is 24.0 Å². The number of aryl methyl sites for hydroxylation is 1. The van der Waals surface area contributed by atoms with Gasteiger partial charge in [-0.15, -0.1) is 16.4 Å². The molecule has 2 N–H and O–H groups in total. The molecule has 0 aliphatic heterocycles. The number of rotatable bonds is 10. The van der Waals surface area contributed by atoms with E-state index in [0.29, 0.717) is 40.1 Å². The Balaban J connectivity index is 1.47. The number of urea groups is 1. The molecule has 2 amide bonds. The van der Waals surface area contributed by atoms with E-state index in [1.807, 2.05) is 32.0 Å². The fourth-order valence-electron chi connectivity index (χ4n) is 3.64. The Labute approximate surface area is 229 Å². The summed E-state index contributed by atoms with van der Waals surface area (Å²) in [6.45, 7) is 3.27. The fourth-order valence-corrected chi connectivity index (χ4v) is 4.85. The Kier molecular flexibility index (Phi) is 8.71. The monoisotopic (exact) mass is 552 g/mol. The van der Waals surface area contributed by atoms with Gasteiger partial charge in [0.25, 0.3) is 0 Å². The van der Waals surface area contributed by atoms with Gasteiger partial charge in [-0.3, -0.25) is 10.1 Å². The number of tetrazole rings is 1. The molecule has 13 heteroatoms. The quantitative estimate of drug-likeness (QED) is 0.200. The van der Waals surface area contributed by atoms with Crippen molar-refractivity contribution in [3.63, 3.8) is 0 Å². The molecule has 0 spiro atoms. The SMILES string of the molecule is COc1ccccc1C(=O)c1cc(C)ccc1NC(=O)Nc1ncc(C(S)c2nnnn2CCN(C)C)s1. The van der Waals surface area contributed by atoms with E-state index in [-0.39, 0.29) is 5.78 Å². The second-order valence-electron chi connectivity index (χ2n) is 8.69. The van der Waals surface area contributed by atoms with Crippen LogP contribution in [-0.4, -0.2) is 69.7 Å². The van der Waals surface area contributed by atoms with Gasteiger partial charge in [0.2, 0.25) is 0 Å². The molecule has 4 aromatic rings. The van der Waals surface area contributed by atoms with Crippen LogP contribution in [-0.2, 0) is 6.54 Å². The lowest BCUT2D eigenvalue weighted by atomic mass is 9.99. The van der Waals surface area contributed by atoms with Crippen LogP contribution in [0.2, 0.25) is 0 Å². The Hall–Kier alpha value is -3.81. The lowest BCUT2D eigenvalue weighted by molar-refractivity contribution is 0.103. The second kappa shape index (κ2) is 12.2. The smallest absolute Gasteiger partial charge is 0.325 e. The molecule has 0 saturated heterocycles. The number of para-hydroxylation sites is 1. The maximum atomic E-state index is 13.3. The van der Waals surface area contributed by atoms with E-state index in [9.17, 15) is 9.59 Å². The van der Waals surface area contributed by atoms with Gasteiger partial charge in [-0.2, -0.15) is 12.6 Å². The zero-order chi connectivity index (χ0) is 27.2. The van der Waals surface area contributed by atoms with Crippen molar-refractivity contribution in [1.82, 2.24) is 30.1 Å². The molecule has 11 nitrogen and oxygen atoms in total. The lowest BCUT2D eigenvalue weighted by Gasteiger charge is -2.13. The van der Waals surface area contributed by atoms with Crippen molar-refractivity contribution in [1.29, 1.82) is 0 Å². The van der Waals surface area contributed by atoms with Crippen LogP contribution in [0.4, 0.5) is 15.6 Å². The third-order valence-electron chi connectivity index (χ3n) is 5.60. The molecule has 1 unspecified atom stereocenters. The van der Waals surface area contributed by atoms with E-state index in [1.54, 1.807) is 47.3 Å². The number of amides is 2. The maximum absolute atomic E-state index is 13.3. The van der Waals surface area contributed by atoms with Crippen LogP contribution in [0.15, 0.2) is 48.7 Å². The van der Waals surface area contributed by atoms with Crippen molar-refractivity contribution in [2.45, 2.75) is 18.7 Å². The van der Waals surface area contributed by atoms with E-state index in [1.165, 1.54) is 18.4 Å². The number of aromatic nitrogens is 5. The minimum absolute atomic E-state index is 0.261. The first-order valence-corrected chi connectivity index (χ1v) is 13.0. The van der Waals surface area contributed by atoms with Crippen LogP contribution in [0.25, 0.3) is 0 Å². The molecule has 4 rings (SSSR count). The summed E-state index contributed by atoms with van der Waals surface area (Å²) in [7, 11) is 5.46. The van der Waals surface area contributed by atoms with Gasteiger partial charge in [-0.05, 0) is 55.7 Å². The van der Waals surface area contributed by atoms with E-state index >= 15 is 0 Å². The largest absolute Gasteiger partial charge is 0.496 e. The summed E-state index contributed by atoms with van der Waals surface area (Å²) in [5.74, 6) is 0.788. The summed E-state index contributed by atoms with van der Waals surface area (Å²) < 4.78 is 7.05. The predicted octanol–water partition coefficient (Wildman–Crippen LogP) is 3.90. The van der Waals surface area contributed by atoms with E-state index in [4.69, 9.17) is 4.74 Å². The van der Waals surface area contributed by atoms with Crippen LogP contribution in [0, 0.1) is 6.92 Å². The summed E-state index contributed by atoms with van der Waals surface area (Å²) in [5.41, 5.74) is 2.00. The summed E-state index contributed by atoms with van der Waals surface area (Å²) in [4.78, 5) is 33.3. The van der Waals surface area contributed by atoms with Crippen molar-refractivity contribution in [2.75, 3.05) is 38.4 Å². The van der Waals surface area contributed by atoms with Gasteiger partial charge >= 0.3 is 6.03 Å². The first-order valence-electron chi connectivity index (χ1n) is 11.7. The predicted molar refractivity (Wildman–Crippen MR) is 150 cm³/mol. The van der Waals surface area contributed by atoms with Gasteiger partial charge in [0.05, 0.1) is 30.2 Å². The van der Waals surface area contributed by atoms with E-state index in [2.05, 4.69) is 43.8 Å². The summed E-state index contributed by atoms with van der Waals surface area (Å²) in [6.07, 6.45) is 1.63. The lowest BCUT2D eigenvalue weighted by Crippen LogP contribution is -2.21. The molecule has 0 fully saturated rings. The van der Waals surface area contributed by atoms with Crippen LogP contribution < -0.4 is 15.4 Å². The average Bonchev–Trinajstić information content (AvgIpc) is 3.57. The highest BCUT2D eigenvalue weighted by molar-refractivity contribution is 7.81. The zero-order valence-corrected chi connectivity index (χ0v) is 23.1. The number of likely N-dealkylation sites (N-methyl/N-ethyl adjacent to an activating group) is 1. The Morgan fingerprint density at radius 2 is 1.95 bits per heavy atom. The van der Waals surface area contributed by atoms with Crippen molar-refractivity contribution in [3.8, 4) is 5.75 Å². The van der Waals surface area contributed by atoms with Gasteiger partial charge in [-0.1, -0.05) is 23.8 Å². The van der Waals surface area contributed by atoms with E-state index in [0.717, 1.165) is 17.0 Å². The molecule has 2 aromatic heterocycles. The number of methoxy groups -OCH3 is 1. The molecule has 0 bridgehead atoms. The summed E-state index contributed by atoms with van der Waals surface area (Å²) in [5, 5.41) is 17.4. The molecule has 0 aliphatic rings. The summed E-state index contributed by atoms with van der Waals surface area (Å²) >= 11 is 5.95. The van der Waals surface area contributed by atoms with Gasteiger partial charge in [0.15, 0.2) is 16.7 Å². The molecule has 198 valence electrons. The van der Waals surface area contributed by atoms with Gasteiger partial charge in [0.1, 0.15) is 5.75 Å². The highest BCUT2D eigenvalue weighted by Crippen LogP contribution is 2.33. The number of anilines is 2. The number of thiazole rings is 1. The van der Waals surface area contributed by atoms with Crippen molar-refractivity contribution in [2.24, 2.45) is 0 Å². The topological polar surface area (TPSA) is 127 Å². The number of hydrogen-bond donors (Lipinski definition) is 3. The number of thiol groups is 1. The number of benzene rings is 2. The molecular formula is C25H28N8O3S2. The van der Waals surface area contributed by atoms with Gasteiger partial charge in [-0.25, -0.2) is 14.5 Å². The normalized spacial score (nSPS) is 11.8. The van der Waals surface area contributed by atoms with Crippen LogP contribution in [0.3, 0.4) is 0 Å². The first kappa shape index (κ1) is 27.2. The molecular weight excluding hydrogens is 524 g/mol. The molecule has 0 radical (unpaired) electrons. The maximum Gasteiger partial charge on any atom is 0.325 e. The number of nitrogens with zero attached hydrogens (tertiary/aromatic N) is 6. The first-order chi connectivity index (χ1) is 18.3. The second-order valence-corrected chi connectivity index (χ2v) is 10.3. The van der Waals surface area contributed by atoms with E-state index < -0.39 is 11.3 Å². The van der Waals surface area contributed by atoms with Gasteiger partial charge in [0, 0.05) is 23.2 Å². The number of carbonyl (C=O) groups excluding carboxylic acids is 2. The summed E-state index contributed by atoms with van der Waals surface area (Å²) in [6, 6.07) is 11.7. The van der Waals surface area contributed by atoms with Crippen molar-refractivity contribution >= 4 is 46.6 Å². The minimum atomic E-state index is -0.532. The molecule has 38 heavy (non-hydrogen) atoms. The number of nitrogens with one attached hydrogen (secondary N) is 2. The number of ketones is 1. The average molecular weight is 553 g/mol. The van der Waals surface area contributed by atoms with Gasteiger partial charge < -0.3 is 15.0 Å². The number of carbonyl (C=O) groups is 2. The third-order valence-corrected chi connectivity index (χ3v) is 7.26. The molecule has 1 atom stereocenters. The minimum Gasteiger partial charge on any atom is -0.496 e. The molecule has 0 aliphatic carbocycles. The zero-order valence-electron chi connectivity index (χ0n) is 21.4. The Morgan fingerprint density at radius 1 is 1.16 bits per heavy atom. The van der Waals surface area contributed by atoms with Crippen molar-refractivity contribution in [3.05, 3.63) is 76.1 Å². The highest BCUT2D eigenvalue weighted by Gasteiger charge is 2.22. The number of hydrogen-bond acceptors (Lipinski definition) is 10. The van der Waals surface area contributed by atoms with Crippen LogP contribution in [0.1, 0.15) is 37.4 Å². The number of ether oxygens (including phenoxy) is 1. The molecule has 2 aromatic carbocycles. The molecule has 2 heterocycles. The Bertz CT molecular complexity index is 1440. The highest BCUT2D eigenvalue weighted by atomic mass is 32.1. The Morgan fingerprint density at radius 3 is 2.71 bits per heavy atom. The third kappa shape index (κ3) is 6.36. The standard InChI is InChI=1S/C25H28N8O3S2/c1-15-9-10-18(17(13-15)21(34)16-7-5-6-8-19(16)36-4)27-24(35)28-25-26-14-20(38-25)22(37)23-29-30-31-33(23)12-11-32(2)3/h5-10,13-14,22,37H,11-12H2,1-4H3,(H2,26,27,28,35).